The van der Waals surface area contributed by atoms with Crippen LogP contribution < -0.4 is 0 Å². The molecule has 0 spiro atoms. The first-order chi connectivity index (χ1) is 25.3. The van der Waals surface area contributed by atoms with E-state index in [1.807, 2.05) is 22.7 Å². The van der Waals surface area contributed by atoms with Gasteiger partial charge >= 0.3 is 0 Å². The molecule has 0 aliphatic rings. The number of aromatic nitrogens is 2. The van der Waals surface area contributed by atoms with Crippen molar-refractivity contribution in [3.8, 4) is 22.4 Å². The Hall–Kier alpha value is -6.07. The zero-order chi connectivity index (χ0) is 33.2. The molecule has 2 nitrogen and oxygen atoms in total. The average Bonchev–Trinajstić information content (AvgIpc) is 3.89. The molecule has 0 bridgehead atoms. The molecule has 0 amide bonds. The summed E-state index contributed by atoms with van der Waals surface area (Å²) in [6.07, 6.45) is 0. The summed E-state index contributed by atoms with van der Waals surface area (Å²) in [7, 11) is 0. The van der Waals surface area contributed by atoms with Crippen molar-refractivity contribution in [1.29, 1.82) is 0 Å². The Morgan fingerprint density at radius 1 is 0.392 bits per heavy atom. The van der Waals surface area contributed by atoms with Crippen LogP contribution >= 0.6 is 22.7 Å². The second kappa shape index (κ2) is 10.2. The highest BCUT2D eigenvalue weighted by atomic mass is 32.1. The van der Waals surface area contributed by atoms with Crippen LogP contribution in [0.15, 0.2) is 158 Å². The molecule has 0 atom stereocenters. The van der Waals surface area contributed by atoms with Crippen molar-refractivity contribution in [3.63, 3.8) is 0 Å². The van der Waals surface area contributed by atoms with Crippen LogP contribution in [0.5, 0.6) is 0 Å². The number of imidazole rings is 1. The van der Waals surface area contributed by atoms with Gasteiger partial charge in [0.25, 0.3) is 0 Å². The molecular formula is C47H26N2S2. The number of rotatable bonds is 2. The van der Waals surface area contributed by atoms with E-state index in [1.54, 1.807) is 0 Å². The van der Waals surface area contributed by atoms with Crippen molar-refractivity contribution in [2.75, 3.05) is 0 Å². The van der Waals surface area contributed by atoms with E-state index in [9.17, 15) is 0 Å². The lowest BCUT2D eigenvalue weighted by molar-refractivity contribution is 1.25. The SMILES string of the molecule is c1ccc2c(c1)ccc1c2ccc2c1nc1c3sc4c5ccccc5ccc4c3cc(-c3ccc(-c4ccc5sc6ccccc6c5c4)cc3)n21. The number of hydrogen-bond acceptors (Lipinski definition) is 3. The van der Waals surface area contributed by atoms with Crippen LogP contribution in [-0.4, -0.2) is 9.38 Å². The number of pyridine rings is 1. The zero-order valence-electron chi connectivity index (χ0n) is 27.2. The predicted octanol–water partition coefficient (Wildman–Crippen LogP) is 14.0. The molecule has 0 saturated carbocycles. The van der Waals surface area contributed by atoms with Crippen LogP contribution in [0.1, 0.15) is 0 Å². The van der Waals surface area contributed by atoms with Crippen LogP contribution in [-0.2, 0) is 0 Å². The summed E-state index contributed by atoms with van der Waals surface area (Å²) in [5, 5.41) is 12.7. The monoisotopic (exact) mass is 682 g/mol. The predicted molar refractivity (Wildman–Crippen MR) is 222 cm³/mol. The summed E-state index contributed by atoms with van der Waals surface area (Å²) in [4.78, 5) is 5.53. The first-order valence-corrected chi connectivity index (χ1v) is 18.9. The summed E-state index contributed by atoms with van der Waals surface area (Å²) < 4.78 is 7.61. The molecule has 0 aliphatic heterocycles. The first-order valence-electron chi connectivity index (χ1n) is 17.3. The van der Waals surface area contributed by atoms with E-state index in [0.717, 1.165) is 22.4 Å². The molecular weight excluding hydrogens is 657 g/mol. The van der Waals surface area contributed by atoms with Crippen molar-refractivity contribution < 1.29 is 0 Å². The number of fused-ring (bicyclic) bond motifs is 16. The summed E-state index contributed by atoms with van der Waals surface area (Å²) in [5.41, 5.74) is 7.97. The van der Waals surface area contributed by atoms with Crippen molar-refractivity contribution in [3.05, 3.63) is 158 Å². The fourth-order valence-corrected chi connectivity index (χ4v) is 10.7. The Morgan fingerprint density at radius 3 is 1.92 bits per heavy atom. The van der Waals surface area contributed by atoms with Gasteiger partial charge in [-0.15, -0.1) is 22.7 Å². The van der Waals surface area contributed by atoms with Gasteiger partial charge in [-0.05, 0) is 74.0 Å². The maximum Gasteiger partial charge on any atom is 0.156 e. The van der Waals surface area contributed by atoms with Crippen molar-refractivity contribution in [2.45, 2.75) is 0 Å². The highest BCUT2D eigenvalue weighted by Crippen LogP contribution is 2.44. The Labute approximate surface area is 300 Å². The van der Waals surface area contributed by atoms with E-state index in [0.29, 0.717) is 0 Å². The Morgan fingerprint density at radius 2 is 1.06 bits per heavy atom. The molecule has 0 radical (unpaired) electrons. The van der Waals surface area contributed by atoms with E-state index in [-0.39, 0.29) is 0 Å². The van der Waals surface area contributed by atoms with Gasteiger partial charge < -0.3 is 0 Å². The van der Waals surface area contributed by atoms with Crippen LogP contribution in [0.4, 0.5) is 0 Å². The van der Waals surface area contributed by atoms with Gasteiger partial charge in [-0.3, -0.25) is 4.40 Å². The van der Waals surface area contributed by atoms with E-state index in [2.05, 4.69) is 162 Å². The fraction of sp³-hybridized carbons (Fsp3) is 0. The molecule has 4 heterocycles. The van der Waals surface area contributed by atoms with Crippen LogP contribution in [0, 0.1) is 0 Å². The van der Waals surface area contributed by atoms with Gasteiger partial charge in [-0.25, -0.2) is 4.98 Å². The van der Waals surface area contributed by atoms with Crippen LogP contribution in [0.25, 0.3) is 112 Å². The van der Waals surface area contributed by atoms with Gasteiger partial charge in [0, 0.05) is 41.0 Å². The quantitative estimate of drug-likeness (QED) is 0.166. The second-order valence-electron chi connectivity index (χ2n) is 13.5. The summed E-state index contributed by atoms with van der Waals surface area (Å²) in [6, 6.07) is 58.1. The molecule has 4 aromatic heterocycles. The topological polar surface area (TPSA) is 17.3 Å². The Balaban J connectivity index is 1.13. The second-order valence-corrected chi connectivity index (χ2v) is 15.6. The summed E-state index contributed by atoms with van der Waals surface area (Å²) in [5.74, 6) is 0. The zero-order valence-corrected chi connectivity index (χ0v) is 28.9. The average molecular weight is 683 g/mol. The maximum atomic E-state index is 5.53. The number of benzene rings is 8. The van der Waals surface area contributed by atoms with E-state index >= 15 is 0 Å². The highest BCUT2D eigenvalue weighted by molar-refractivity contribution is 7.27. The maximum absolute atomic E-state index is 5.53. The minimum atomic E-state index is 1.02. The lowest BCUT2D eigenvalue weighted by atomic mass is 9.99. The normalized spacial score (nSPS) is 12.3. The molecule has 0 N–H and O–H groups in total. The molecule has 0 saturated heterocycles. The largest absolute Gasteiger partial charge is 0.291 e. The van der Waals surface area contributed by atoms with Gasteiger partial charge in [0.05, 0.1) is 21.4 Å². The molecule has 12 aromatic rings. The third-order valence-electron chi connectivity index (χ3n) is 10.8. The van der Waals surface area contributed by atoms with Crippen LogP contribution in [0.3, 0.4) is 0 Å². The molecule has 4 heteroatoms. The van der Waals surface area contributed by atoms with Crippen LogP contribution in [0.2, 0.25) is 0 Å². The standard InChI is InChI=1S/C47H26N2S2/c1-3-9-32-28(7-1)17-20-36-34(32)22-23-40-44(36)48-47-46-39(37-21-18-29-8-2-4-10-33(29)45(37)51-46)26-41(49(40)47)30-15-13-27(14-16-30)31-19-24-43-38(25-31)35-11-5-6-12-42(35)50-43/h1-26H. The molecule has 51 heavy (non-hydrogen) atoms. The fourth-order valence-electron chi connectivity index (χ4n) is 8.33. The van der Waals surface area contributed by atoms with E-state index in [1.165, 1.54) is 89.4 Å². The molecule has 0 unspecified atom stereocenters. The molecule has 236 valence electrons. The summed E-state index contributed by atoms with van der Waals surface area (Å²) >= 11 is 3.73. The third-order valence-corrected chi connectivity index (χ3v) is 13.2. The van der Waals surface area contributed by atoms with Gasteiger partial charge in [-0.1, -0.05) is 127 Å². The molecule has 12 rings (SSSR count). The highest BCUT2D eigenvalue weighted by Gasteiger charge is 2.20. The third kappa shape index (κ3) is 3.89. The van der Waals surface area contributed by atoms with Gasteiger partial charge in [0.15, 0.2) is 5.65 Å². The lowest BCUT2D eigenvalue weighted by Gasteiger charge is -2.11. The number of nitrogens with zero attached hydrogens (tertiary/aromatic N) is 2. The Bertz CT molecular complexity index is 3420. The Kier molecular flexibility index (Phi) is 5.56. The number of hydrogen-bond donors (Lipinski definition) is 0. The lowest BCUT2D eigenvalue weighted by Crippen LogP contribution is -1.93. The number of thiophene rings is 2. The summed E-state index contributed by atoms with van der Waals surface area (Å²) in [6.45, 7) is 0. The minimum absolute atomic E-state index is 1.02. The minimum Gasteiger partial charge on any atom is -0.291 e. The van der Waals surface area contributed by atoms with E-state index < -0.39 is 0 Å². The molecule has 8 aromatic carbocycles. The van der Waals surface area contributed by atoms with E-state index in [4.69, 9.17) is 4.98 Å². The van der Waals surface area contributed by atoms with Gasteiger partial charge in [0.2, 0.25) is 0 Å². The van der Waals surface area contributed by atoms with Gasteiger partial charge in [-0.2, -0.15) is 0 Å². The molecule has 0 aliphatic carbocycles. The first kappa shape index (κ1) is 27.7. The molecule has 0 fully saturated rings. The smallest absolute Gasteiger partial charge is 0.156 e. The van der Waals surface area contributed by atoms with Crippen molar-refractivity contribution in [1.82, 2.24) is 9.38 Å². The van der Waals surface area contributed by atoms with Crippen molar-refractivity contribution in [2.24, 2.45) is 0 Å². The van der Waals surface area contributed by atoms with Crippen molar-refractivity contribution >= 4 is 112 Å². The van der Waals surface area contributed by atoms with Gasteiger partial charge in [0.1, 0.15) is 0 Å².